The molecule has 1 aliphatic heterocycles. The van der Waals surface area contributed by atoms with Crippen molar-refractivity contribution >= 4 is 40.7 Å². The lowest BCUT2D eigenvalue weighted by Gasteiger charge is -2.31. The molecular formula is C17H20Cl2N2O2. The number of hydrogen-bond donors (Lipinski definition) is 1. The molecule has 1 saturated carbocycles. The Morgan fingerprint density at radius 1 is 1.09 bits per heavy atom. The van der Waals surface area contributed by atoms with Crippen molar-refractivity contribution in [3.8, 4) is 0 Å². The Hall–Kier alpha value is -1.26. The van der Waals surface area contributed by atoms with Gasteiger partial charge in [-0.25, -0.2) is 0 Å². The average Bonchev–Trinajstić information content (AvgIpc) is 2.89. The van der Waals surface area contributed by atoms with Gasteiger partial charge in [-0.3, -0.25) is 9.59 Å². The van der Waals surface area contributed by atoms with Crippen LogP contribution < -0.4 is 5.32 Å². The Kier molecular flexibility index (Phi) is 5.12. The molecule has 2 aliphatic rings. The third kappa shape index (κ3) is 3.99. The first-order valence-corrected chi connectivity index (χ1v) is 8.85. The third-order valence-electron chi connectivity index (χ3n) is 4.67. The summed E-state index contributed by atoms with van der Waals surface area (Å²) in [5, 5.41) is 3.77. The number of hydrogen-bond acceptors (Lipinski definition) is 2. The Bertz CT molecular complexity index is 594. The molecular weight excluding hydrogens is 335 g/mol. The van der Waals surface area contributed by atoms with Crippen molar-refractivity contribution in [2.45, 2.75) is 44.6 Å². The number of carbonyl (C=O) groups excluding carboxylic acids is 2. The fourth-order valence-electron chi connectivity index (χ4n) is 3.52. The zero-order valence-corrected chi connectivity index (χ0v) is 14.4. The number of nitrogens with one attached hydrogen (secondary N) is 1. The zero-order chi connectivity index (χ0) is 16.4. The van der Waals surface area contributed by atoms with Crippen LogP contribution in [0.2, 0.25) is 10.0 Å². The first kappa shape index (κ1) is 16.6. The molecule has 0 spiro atoms. The van der Waals surface area contributed by atoms with E-state index in [1.807, 2.05) is 4.90 Å². The molecule has 4 nitrogen and oxygen atoms in total. The fraction of sp³-hybridized carbons (Fsp3) is 0.529. The summed E-state index contributed by atoms with van der Waals surface area (Å²) in [4.78, 5) is 26.6. The minimum absolute atomic E-state index is 0.0983. The Labute approximate surface area is 146 Å². The van der Waals surface area contributed by atoms with Crippen LogP contribution in [-0.2, 0) is 9.59 Å². The van der Waals surface area contributed by atoms with Crippen molar-refractivity contribution in [2.75, 3.05) is 11.9 Å². The summed E-state index contributed by atoms with van der Waals surface area (Å²) < 4.78 is 0. The van der Waals surface area contributed by atoms with E-state index in [0.29, 0.717) is 28.3 Å². The molecule has 1 saturated heterocycles. The predicted octanol–water partition coefficient (Wildman–Crippen LogP) is 4.11. The second-order valence-electron chi connectivity index (χ2n) is 6.39. The smallest absolute Gasteiger partial charge is 0.229 e. The van der Waals surface area contributed by atoms with Gasteiger partial charge in [0, 0.05) is 34.7 Å². The number of likely N-dealkylation sites (tertiary alicyclic amines) is 1. The van der Waals surface area contributed by atoms with Crippen molar-refractivity contribution in [3.63, 3.8) is 0 Å². The molecule has 0 unspecified atom stereocenters. The van der Waals surface area contributed by atoms with E-state index in [9.17, 15) is 9.59 Å². The van der Waals surface area contributed by atoms with Gasteiger partial charge in [-0.05, 0) is 31.0 Å². The number of nitrogens with zero attached hydrogens (tertiary/aromatic N) is 1. The van der Waals surface area contributed by atoms with Crippen LogP contribution >= 0.6 is 23.2 Å². The molecule has 1 aromatic carbocycles. The van der Waals surface area contributed by atoms with Crippen LogP contribution in [0.15, 0.2) is 18.2 Å². The molecule has 0 radical (unpaired) electrons. The maximum absolute atomic E-state index is 12.4. The highest BCUT2D eigenvalue weighted by atomic mass is 35.5. The number of anilines is 1. The summed E-state index contributed by atoms with van der Waals surface area (Å²) in [6.45, 7) is 0.517. The summed E-state index contributed by atoms with van der Waals surface area (Å²) >= 11 is 11.9. The normalized spacial score (nSPS) is 22.4. The molecule has 0 bridgehead atoms. The molecule has 2 amide bonds. The lowest BCUT2D eigenvalue weighted by molar-refractivity contribution is -0.130. The van der Waals surface area contributed by atoms with E-state index in [0.717, 1.165) is 12.8 Å². The molecule has 1 atom stereocenters. The second-order valence-corrected chi connectivity index (χ2v) is 7.26. The molecule has 1 aromatic rings. The zero-order valence-electron chi connectivity index (χ0n) is 12.9. The Balaban J connectivity index is 1.63. The minimum atomic E-state index is -0.304. The maximum Gasteiger partial charge on any atom is 0.229 e. The van der Waals surface area contributed by atoms with Gasteiger partial charge in [0.2, 0.25) is 11.8 Å². The molecule has 6 heteroatoms. The predicted molar refractivity (Wildman–Crippen MR) is 91.8 cm³/mol. The monoisotopic (exact) mass is 354 g/mol. The first-order chi connectivity index (χ1) is 11.0. The first-order valence-electron chi connectivity index (χ1n) is 8.09. The SMILES string of the molecule is O=C(Nc1cc(Cl)cc(Cl)c1)[C@H]1CC(=O)N(C2CCCCC2)C1. The van der Waals surface area contributed by atoms with Crippen LogP contribution in [0.3, 0.4) is 0 Å². The van der Waals surface area contributed by atoms with E-state index >= 15 is 0 Å². The lowest BCUT2D eigenvalue weighted by Crippen LogP contribution is -2.38. The second kappa shape index (κ2) is 7.10. The molecule has 3 rings (SSSR count). The van der Waals surface area contributed by atoms with Crippen LogP contribution in [0.25, 0.3) is 0 Å². The Morgan fingerprint density at radius 2 is 1.74 bits per heavy atom. The highest BCUT2D eigenvalue weighted by Gasteiger charge is 2.38. The number of amides is 2. The van der Waals surface area contributed by atoms with Crippen LogP contribution in [0.5, 0.6) is 0 Å². The van der Waals surface area contributed by atoms with E-state index in [1.54, 1.807) is 18.2 Å². The van der Waals surface area contributed by atoms with Gasteiger partial charge in [-0.1, -0.05) is 42.5 Å². The largest absolute Gasteiger partial charge is 0.339 e. The van der Waals surface area contributed by atoms with Gasteiger partial charge in [0.15, 0.2) is 0 Å². The maximum atomic E-state index is 12.4. The minimum Gasteiger partial charge on any atom is -0.339 e. The third-order valence-corrected chi connectivity index (χ3v) is 5.11. The summed E-state index contributed by atoms with van der Waals surface area (Å²) in [7, 11) is 0. The van der Waals surface area contributed by atoms with Gasteiger partial charge < -0.3 is 10.2 Å². The topological polar surface area (TPSA) is 49.4 Å². The molecule has 1 N–H and O–H groups in total. The summed E-state index contributed by atoms with van der Waals surface area (Å²) in [5.41, 5.74) is 0.566. The van der Waals surface area contributed by atoms with Gasteiger partial charge in [0.05, 0.1) is 5.92 Å². The van der Waals surface area contributed by atoms with Gasteiger partial charge in [0.1, 0.15) is 0 Å². The molecule has 1 heterocycles. The van der Waals surface area contributed by atoms with E-state index in [1.165, 1.54) is 19.3 Å². The van der Waals surface area contributed by atoms with Crippen molar-refractivity contribution in [1.29, 1.82) is 0 Å². The highest BCUT2D eigenvalue weighted by Crippen LogP contribution is 2.30. The fourth-order valence-corrected chi connectivity index (χ4v) is 4.05. The molecule has 0 aromatic heterocycles. The van der Waals surface area contributed by atoms with E-state index in [2.05, 4.69) is 5.32 Å². The molecule has 1 aliphatic carbocycles. The summed E-state index contributed by atoms with van der Waals surface area (Å²) in [6.07, 6.45) is 6.00. The molecule has 23 heavy (non-hydrogen) atoms. The lowest BCUT2D eigenvalue weighted by atomic mass is 9.94. The number of benzene rings is 1. The molecule has 124 valence electrons. The van der Waals surface area contributed by atoms with Crippen LogP contribution in [0.1, 0.15) is 38.5 Å². The van der Waals surface area contributed by atoms with Crippen molar-refractivity contribution in [2.24, 2.45) is 5.92 Å². The highest BCUT2D eigenvalue weighted by molar-refractivity contribution is 6.35. The van der Waals surface area contributed by atoms with E-state index < -0.39 is 0 Å². The quantitative estimate of drug-likeness (QED) is 0.887. The molecule has 2 fully saturated rings. The summed E-state index contributed by atoms with van der Waals surface area (Å²) in [6, 6.07) is 5.24. The average molecular weight is 355 g/mol. The van der Waals surface area contributed by atoms with Crippen molar-refractivity contribution in [3.05, 3.63) is 28.2 Å². The van der Waals surface area contributed by atoms with E-state index in [4.69, 9.17) is 23.2 Å². The van der Waals surface area contributed by atoms with Gasteiger partial charge >= 0.3 is 0 Å². The van der Waals surface area contributed by atoms with E-state index in [-0.39, 0.29) is 24.2 Å². The van der Waals surface area contributed by atoms with Crippen molar-refractivity contribution in [1.82, 2.24) is 4.90 Å². The van der Waals surface area contributed by atoms with Gasteiger partial charge in [-0.2, -0.15) is 0 Å². The summed E-state index contributed by atoms with van der Waals surface area (Å²) in [5.74, 6) is -0.349. The van der Waals surface area contributed by atoms with Crippen LogP contribution in [0.4, 0.5) is 5.69 Å². The van der Waals surface area contributed by atoms with Crippen LogP contribution in [-0.4, -0.2) is 29.3 Å². The Morgan fingerprint density at radius 3 is 2.39 bits per heavy atom. The number of carbonyl (C=O) groups is 2. The van der Waals surface area contributed by atoms with Gasteiger partial charge in [0.25, 0.3) is 0 Å². The van der Waals surface area contributed by atoms with Crippen molar-refractivity contribution < 1.29 is 9.59 Å². The van der Waals surface area contributed by atoms with Gasteiger partial charge in [-0.15, -0.1) is 0 Å². The van der Waals surface area contributed by atoms with Crippen LogP contribution in [0, 0.1) is 5.92 Å². The number of halogens is 2. The standard InChI is InChI=1S/C17H20Cl2N2O2/c18-12-7-13(19)9-14(8-12)20-17(23)11-6-16(22)21(10-11)15-4-2-1-3-5-15/h7-9,11,15H,1-6,10H2,(H,20,23)/t11-/m0/s1. The number of rotatable bonds is 3.